The standard InChI is InChI=1S/C36H58N2O2/c1-23(2)30-25(39)21-33(5)17-18-35(7)24(31(30)33)11-12-27-34(6)15-14-28(37-29(40)22-38-19-9-10-20-38)32(3,4)26(34)13-16-36(27,35)8/h23-24,26-28H,9-22H2,1-8H3,(H,37,40)/t24-,26+,27-,28?,33+,34+,35-,36-/m1/s1. The molecule has 5 aliphatic carbocycles. The van der Waals surface area contributed by atoms with Crippen LogP contribution in [0.4, 0.5) is 0 Å². The maximum atomic E-state index is 13.4. The van der Waals surface area contributed by atoms with Crippen LogP contribution in [0.3, 0.4) is 0 Å². The largest absolute Gasteiger partial charge is 0.352 e. The summed E-state index contributed by atoms with van der Waals surface area (Å²) in [6, 6.07) is 0.274. The Kier molecular flexibility index (Phi) is 6.81. The molecule has 6 rings (SSSR count). The number of nitrogens with one attached hydrogen (secondary N) is 1. The van der Waals surface area contributed by atoms with Crippen LogP contribution < -0.4 is 5.32 Å². The van der Waals surface area contributed by atoms with Crippen LogP contribution in [0.1, 0.15) is 126 Å². The fraction of sp³-hybridized carbons (Fsp3) is 0.889. The van der Waals surface area contributed by atoms with E-state index in [1.165, 1.54) is 63.4 Å². The van der Waals surface area contributed by atoms with Gasteiger partial charge < -0.3 is 5.32 Å². The van der Waals surface area contributed by atoms with Crippen molar-refractivity contribution in [3.8, 4) is 0 Å². The second kappa shape index (κ2) is 9.42. The second-order valence-electron chi connectivity index (χ2n) is 17.2. The molecular weight excluding hydrogens is 492 g/mol. The summed E-state index contributed by atoms with van der Waals surface area (Å²) in [5.74, 6) is 2.93. The van der Waals surface area contributed by atoms with Gasteiger partial charge >= 0.3 is 0 Å². The number of hydrogen-bond donors (Lipinski definition) is 1. The van der Waals surface area contributed by atoms with E-state index in [0.717, 1.165) is 25.9 Å². The number of Topliss-reactive ketones (excluding diaryl/α,β-unsaturated/α-hetero) is 1. The summed E-state index contributed by atoms with van der Waals surface area (Å²) >= 11 is 0. The monoisotopic (exact) mass is 550 g/mol. The summed E-state index contributed by atoms with van der Waals surface area (Å²) in [4.78, 5) is 28.8. The number of carbonyl (C=O) groups is 2. The zero-order valence-electron chi connectivity index (χ0n) is 27.0. The molecule has 0 aromatic carbocycles. The molecule has 0 radical (unpaired) electrons. The molecule has 0 spiro atoms. The van der Waals surface area contributed by atoms with Crippen LogP contribution in [-0.4, -0.2) is 42.3 Å². The number of ketones is 1. The Balaban J connectivity index is 1.27. The van der Waals surface area contributed by atoms with Gasteiger partial charge in [-0.1, -0.05) is 61.0 Å². The summed E-state index contributed by atoms with van der Waals surface area (Å²) < 4.78 is 0. The van der Waals surface area contributed by atoms with Gasteiger partial charge in [0.05, 0.1) is 6.54 Å². The number of carbonyl (C=O) groups excluding carboxylic acids is 2. The van der Waals surface area contributed by atoms with Crippen molar-refractivity contribution in [2.24, 2.45) is 50.7 Å². The lowest BCUT2D eigenvalue weighted by molar-refractivity contribution is -0.216. The Bertz CT molecular complexity index is 1100. The van der Waals surface area contributed by atoms with Crippen LogP contribution in [0.25, 0.3) is 0 Å². The van der Waals surface area contributed by atoms with E-state index in [-0.39, 0.29) is 28.2 Å². The van der Waals surface area contributed by atoms with Gasteiger partial charge in [0.2, 0.25) is 5.91 Å². The van der Waals surface area contributed by atoms with Crippen LogP contribution in [-0.2, 0) is 9.59 Å². The molecular formula is C36H58N2O2. The Hall–Kier alpha value is -1.16. The smallest absolute Gasteiger partial charge is 0.234 e. The SMILES string of the molecule is CC(C)C1=C2[C@H]3CC[C@@H]4[C@@]5(C)CCC(NC(=O)CN6CCCC6)C(C)(C)[C@@H]5CC[C@@]4(C)[C@]3(C)CC[C@@]2(C)CC1=O. The van der Waals surface area contributed by atoms with Gasteiger partial charge in [-0.3, -0.25) is 14.5 Å². The molecule has 5 fully saturated rings. The van der Waals surface area contributed by atoms with Crippen LogP contribution in [0.15, 0.2) is 11.1 Å². The highest BCUT2D eigenvalue weighted by molar-refractivity contribution is 6.00. The number of amides is 1. The van der Waals surface area contributed by atoms with Gasteiger partial charge in [-0.25, -0.2) is 0 Å². The van der Waals surface area contributed by atoms with Crippen molar-refractivity contribution in [2.45, 2.75) is 132 Å². The summed E-state index contributed by atoms with van der Waals surface area (Å²) in [6.07, 6.45) is 13.1. The molecule has 1 heterocycles. The number of likely N-dealkylation sites (tertiary alicyclic amines) is 1. The molecule has 0 aromatic rings. The van der Waals surface area contributed by atoms with Crippen LogP contribution in [0.2, 0.25) is 0 Å². The predicted molar refractivity (Wildman–Crippen MR) is 163 cm³/mol. The van der Waals surface area contributed by atoms with Crippen LogP contribution in [0, 0.1) is 50.7 Å². The van der Waals surface area contributed by atoms with Gasteiger partial charge in [0.1, 0.15) is 0 Å². The molecule has 224 valence electrons. The molecule has 4 nitrogen and oxygen atoms in total. The molecule has 1 saturated heterocycles. The number of allylic oxidation sites excluding steroid dienone is 2. The minimum absolute atomic E-state index is 0.0957. The maximum Gasteiger partial charge on any atom is 0.234 e. The van der Waals surface area contributed by atoms with Crippen molar-refractivity contribution in [1.82, 2.24) is 10.2 Å². The summed E-state index contributed by atoms with van der Waals surface area (Å²) in [7, 11) is 0. The first-order valence-electron chi connectivity index (χ1n) is 17.0. The third kappa shape index (κ3) is 3.92. The van der Waals surface area contributed by atoms with E-state index in [1.54, 1.807) is 5.57 Å². The average Bonchev–Trinajstić information content (AvgIpc) is 3.46. The summed E-state index contributed by atoms with van der Waals surface area (Å²) in [5.41, 5.74) is 3.87. The highest BCUT2D eigenvalue weighted by atomic mass is 16.2. The first-order valence-corrected chi connectivity index (χ1v) is 17.0. The molecule has 8 atom stereocenters. The normalized spacial score (nSPS) is 46.6. The van der Waals surface area contributed by atoms with Gasteiger partial charge in [-0.2, -0.15) is 0 Å². The first-order chi connectivity index (χ1) is 18.7. The lowest BCUT2D eigenvalue weighted by atomic mass is 9.33. The maximum absolute atomic E-state index is 13.4. The van der Waals surface area contributed by atoms with E-state index in [0.29, 0.717) is 46.8 Å². The van der Waals surface area contributed by atoms with Gasteiger partial charge in [0.15, 0.2) is 5.78 Å². The quantitative estimate of drug-likeness (QED) is 0.393. The number of nitrogens with zero attached hydrogens (tertiary/aromatic N) is 1. The lowest BCUT2D eigenvalue weighted by Gasteiger charge is -2.72. The average molecular weight is 551 g/mol. The predicted octanol–water partition coefficient (Wildman–Crippen LogP) is 7.57. The number of fused-ring (bicyclic) bond motifs is 7. The molecule has 40 heavy (non-hydrogen) atoms. The number of rotatable bonds is 4. The van der Waals surface area contributed by atoms with Crippen molar-refractivity contribution >= 4 is 11.7 Å². The van der Waals surface area contributed by atoms with Gasteiger partial charge in [0, 0.05) is 12.5 Å². The van der Waals surface area contributed by atoms with Crippen LogP contribution in [0.5, 0.6) is 0 Å². The summed E-state index contributed by atoms with van der Waals surface area (Å²) in [6.45, 7) is 22.6. The van der Waals surface area contributed by atoms with E-state index in [2.05, 4.69) is 65.6 Å². The molecule has 1 N–H and O–H groups in total. The van der Waals surface area contributed by atoms with Crippen molar-refractivity contribution in [3.05, 3.63) is 11.1 Å². The summed E-state index contributed by atoms with van der Waals surface area (Å²) in [5, 5.41) is 3.55. The Morgan fingerprint density at radius 1 is 0.875 bits per heavy atom. The Labute approximate surface area is 244 Å². The molecule has 1 amide bonds. The molecule has 0 aromatic heterocycles. The van der Waals surface area contributed by atoms with Crippen molar-refractivity contribution in [1.29, 1.82) is 0 Å². The molecule has 4 heteroatoms. The molecule has 6 aliphatic rings. The molecule has 1 unspecified atom stereocenters. The topological polar surface area (TPSA) is 49.4 Å². The molecule has 1 aliphatic heterocycles. The molecule has 4 saturated carbocycles. The zero-order chi connectivity index (χ0) is 28.9. The minimum Gasteiger partial charge on any atom is -0.352 e. The fourth-order valence-corrected chi connectivity index (χ4v) is 12.5. The highest BCUT2D eigenvalue weighted by Crippen LogP contribution is 2.76. The molecule has 0 bridgehead atoms. The number of hydrogen-bond acceptors (Lipinski definition) is 3. The van der Waals surface area contributed by atoms with E-state index in [4.69, 9.17) is 0 Å². The minimum atomic E-state index is 0.0957. The Morgan fingerprint density at radius 2 is 1.57 bits per heavy atom. The fourth-order valence-electron chi connectivity index (χ4n) is 12.5. The van der Waals surface area contributed by atoms with Crippen molar-refractivity contribution in [3.63, 3.8) is 0 Å². The van der Waals surface area contributed by atoms with Crippen molar-refractivity contribution < 1.29 is 9.59 Å². The highest BCUT2D eigenvalue weighted by Gasteiger charge is 2.69. The third-order valence-corrected chi connectivity index (χ3v) is 14.7. The van der Waals surface area contributed by atoms with Gasteiger partial charge in [-0.15, -0.1) is 0 Å². The van der Waals surface area contributed by atoms with Gasteiger partial charge in [-0.05, 0) is 134 Å². The van der Waals surface area contributed by atoms with E-state index in [9.17, 15) is 9.59 Å². The van der Waals surface area contributed by atoms with Crippen molar-refractivity contribution in [2.75, 3.05) is 19.6 Å². The van der Waals surface area contributed by atoms with Gasteiger partial charge in [0.25, 0.3) is 0 Å². The first kappa shape index (κ1) is 28.9. The van der Waals surface area contributed by atoms with E-state index < -0.39 is 0 Å². The van der Waals surface area contributed by atoms with E-state index >= 15 is 0 Å². The van der Waals surface area contributed by atoms with E-state index in [1.807, 2.05) is 0 Å². The lowest BCUT2D eigenvalue weighted by Crippen LogP contribution is -2.67. The third-order valence-electron chi connectivity index (χ3n) is 14.7. The zero-order valence-corrected chi connectivity index (χ0v) is 27.0. The second-order valence-corrected chi connectivity index (χ2v) is 17.2. The Morgan fingerprint density at radius 3 is 2.25 bits per heavy atom. The van der Waals surface area contributed by atoms with Crippen LogP contribution >= 0.6 is 0 Å².